The van der Waals surface area contributed by atoms with Crippen LogP contribution in [0.1, 0.15) is 10.4 Å². The van der Waals surface area contributed by atoms with Gasteiger partial charge in [0, 0.05) is 49.3 Å². The van der Waals surface area contributed by atoms with Crippen LogP contribution in [-0.4, -0.2) is 67.3 Å². The zero-order valence-corrected chi connectivity index (χ0v) is 18.8. The van der Waals surface area contributed by atoms with Gasteiger partial charge in [-0.25, -0.2) is 4.98 Å². The first-order valence-corrected chi connectivity index (χ1v) is 10.2. The molecule has 2 heterocycles. The van der Waals surface area contributed by atoms with E-state index in [2.05, 4.69) is 15.0 Å². The Balaban J connectivity index is 1.79. The van der Waals surface area contributed by atoms with Gasteiger partial charge in [-0.2, -0.15) is 0 Å². The largest absolute Gasteiger partial charge is 0.493 e. The molecule has 4 N–H and O–H groups in total. The van der Waals surface area contributed by atoms with Gasteiger partial charge in [-0.1, -0.05) is 0 Å². The van der Waals surface area contributed by atoms with E-state index in [1.54, 1.807) is 49.4 Å². The number of hydrogen-bond donors (Lipinski definition) is 3. The standard InChI is InChI=1S/C23H25N5O5/c1-28(7-8-31-2)23(30)12-5-6-14-13(9-12)19(24)20(25-14)21-22(29)27-16-11-18(33-4)17(32-3)10-15(16)26-21/h5-6,9-11,25H,7-8,24H2,1-4H3,(H,27,29). The maximum atomic E-state index is 12.8. The van der Waals surface area contributed by atoms with Crippen molar-refractivity contribution in [1.29, 1.82) is 0 Å². The molecule has 0 radical (unpaired) electrons. The zero-order chi connectivity index (χ0) is 23.7. The fourth-order valence-corrected chi connectivity index (χ4v) is 3.67. The summed E-state index contributed by atoms with van der Waals surface area (Å²) in [6.07, 6.45) is 0. The summed E-state index contributed by atoms with van der Waals surface area (Å²) in [6.45, 7) is 0.903. The van der Waals surface area contributed by atoms with Gasteiger partial charge >= 0.3 is 0 Å². The van der Waals surface area contributed by atoms with Crippen molar-refractivity contribution in [3.63, 3.8) is 0 Å². The maximum Gasteiger partial charge on any atom is 0.276 e. The van der Waals surface area contributed by atoms with Gasteiger partial charge in [-0.3, -0.25) is 9.59 Å². The lowest BCUT2D eigenvalue weighted by molar-refractivity contribution is 0.0744. The van der Waals surface area contributed by atoms with Crippen LogP contribution in [0.15, 0.2) is 35.1 Å². The van der Waals surface area contributed by atoms with Gasteiger partial charge in [0.15, 0.2) is 17.2 Å². The van der Waals surface area contributed by atoms with Crippen molar-refractivity contribution in [2.75, 3.05) is 47.3 Å². The van der Waals surface area contributed by atoms with Gasteiger partial charge in [0.1, 0.15) is 0 Å². The summed E-state index contributed by atoms with van der Waals surface area (Å²) in [7, 11) is 6.33. The highest BCUT2D eigenvalue weighted by Crippen LogP contribution is 2.34. The number of nitrogens with zero attached hydrogens (tertiary/aromatic N) is 2. The highest BCUT2D eigenvalue weighted by Gasteiger charge is 2.19. The number of aromatic nitrogens is 3. The summed E-state index contributed by atoms with van der Waals surface area (Å²) in [4.78, 5) is 37.6. The summed E-state index contributed by atoms with van der Waals surface area (Å²) in [5.41, 5.74) is 9.00. The molecular weight excluding hydrogens is 426 g/mol. The number of likely N-dealkylation sites (N-methyl/N-ethyl adjacent to an activating group) is 1. The minimum absolute atomic E-state index is 0.133. The average Bonchev–Trinajstić information content (AvgIpc) is 3.16. The van der Waals surface area contributed by atoms with Crippen molar-refractivity contribution in [1.82, 2.24) is 19.9 Å². The van der Waals surface area contributed by atoms with E-state index in [1.807, 2.05) is 0 Å². The van der Waals surface area contributed by atoms with Crippen molar-refractivity contribution in [3.05, 3.63) is 46.2 Å². The first kappa shape index (κ1) is 22.2. The first-order chi connectivity index (χ1) is 15.9. The number of ether oxygens (including phenoxy) is 3. The Kier molecular flexibility index (Phi) is 5.93. The number of benzene rings is 2. The molecule has 10 nitrogen and oxygen atoms in total. The molecule has 172 valence electrons. The number of H-pyrrole nitrogens is 2. The Bertz CT molecular complexity index is 1410. The Labute approximate surface area is 189 Å². The Morgan fingerprint density at radius 1 is 1.06 bits per heavy atom. The van der Waals surface area contributed by atoms with Gasteiger partial charge in [-0.05, 0) is 18.2 Å². The van der Waals surface area contributed by atoms with Crippen LogP contribution in [0.5, 0.6) is 11.5 Å². The molecule has 0 saturated heterocycles. The van der Waals surface area contributed by atoms with E-state index in [4.69, 9.17) is 19.9 Å². The molecule has 10 heteroatoms. The van der Waals surface area contributed by atoms with E-state index in [1.165, 1.54) is 14.2 Å². The highest BCUT2D eigenvalue weighted by molar-refractivity contribution is 6.04. The molecule has 2 aromatic heterocycles. The molecule has 4 rings (SSSR count). The zero-order valence-electron chi connectivity index (χ0n) is 18.8. The van der Waals surface area contributed by atoms with E-state index < -0.39 is 5.56 Å². The van der Waals surface area contributed by atoms with Crippen LogP contribution in [0.4, 0.5) is 5.69 Å². The minimum Gasteiger partial charge on any atom is -0.493 e. The summed E-state index contributed by atoms with van der Waals surface area (Å²) in [5, 5.41) is 0.629. The fraction of sp³-hybridized carbons (Fsp3) is 0.261. The maximum absolute atomic E-state index is 12.8. The number of amides is 1. The molecule has 1 amide bonds. The molecule has 0 aliphatic rings. The van der Waals surface area contributed by atoms with Crippen molar-refractivity contribution in [2.24, 2.45) is 0 Å². The lowest BCUT2D eigenvalue weighted by atomic mass is 10.1. The van der Waals surface area contributed by atoms with Crippen molar-refractivity contribution in [3.8, 4) is 22.9 Å². The number of carbonyl (C=O) groups excluding carboxylic acids is 1. The van der Waals surface area contributed by atoms with Crippen LogP contribution in [0, 0.1) is 0 Å². The number of rotatable bonds is 7. The summed E-state index contributed by atoms with van der Waals surface area (Å²) < 4.78 is 15.7. The smallest absolute Gasteiger partial charge is 0.276 e. The summed E-state index contributed by atoms with van der Waals surface area (Å²) in [5.74, 6) is 0.813. The minimum atomic E-state index is -0.413. The Hall–Kier alpha value is -4.05. The monoisotopic (exact) mass is 451 g/mol. The molecule has 0 bridgehead atoms. The van der Waals surface area contributed by atoms with E-state index >= 15 is 0 Å². The SMILES string of the molecule is COCCN(C)C(=O)c1ccc2[nH]c(-c3nc4cc(OC)c(OC)cc4[nH]c3=O)c(N)c2c1. The predicted octanol–water partition coefficient (Wildman–Crippen LogP) is 2.39. The Morgan fingerprint density at radius 3 is 2.48 bits per heavy atom. The van der Waals surface area contributed by atoms with Crippen LogP contribution < -0.4 is 20.8 Å². The number of hydrogen-bond acceptors (Lipinski definition) is 7. The molecule has 0 atom stereocenters. The number of fused-ring (bicyclic) bond motifs is 2. The first-order valence-electron chi connectivity index (χ1n) is 10.2. The number of nitrogens with one attached hydrogen (secondary N) is 2. The van der Waals surface area contributed by atoms with Crippen LogP contribution in [0.2, 0.25) is 0 Å². The molecule has 33 heavy (non-hydrogen) atoms. The molecule has 0 unspecified atom stereocenters. The number of aromatic amines is 2. The number of methoxy groups -OCH3 is 3. The summed E-state index contributed by atoms with van der Waals surface area (Å²) >= 11 is 0. The predicted molar refractivity (Wildman–Crippen MR) is 126 cm³/mol. The highest BCUT2D eigenvalue weighted by atomic mass is 16.5. The molecule has 0 spiro atoms. The number of nitrogen functional groups attached to an aromatic ring is 1. The second kappa shape index (κ2) is 8.83. The Morgan fingerprint density at radius 2 is 1.79 bits per heavy atom. The average molecular weight is 451 g/mol. The van der Waals surface area contributed by atoms with Crippen LogP contribution in [0.25, 0.3) is 33.3 Å². The molecule has 4 aromatic rings. The fourth-order valence-electron chi connectivity index (χ4n) is 3.67. The van der Waals surface area contributed by atoms with Gasteiger partial charge in [0.2, 0.25) is 0 Å². The van der Waals surface area contributed by atoms with Crippen LogP contribution in [0.3, 0.4) is 0 Å². The molecule has 2 aromatic carbocycles. The third-order valence-corrected chi connectivity index (χ3v) is 5.50. The molecule has 0 fully saturated rings. The van der Waals surface area contributed by atoms with Crippen molar-refractivity contribution >= 4 is 33.5 Å². The number of carbonyl (C=O) groups is 1. The van der Waals surface area contributed by atoms with E-state index in [-0.39, 0.29) is 11.6 Å². The molecule has 0 aliphatic carbocycles. The van der Waals surface area contributed by atoms with E-state index in [9.17, 15) is 9.59 Å². The van der Waals surface area contributed by atoms with Gasteiger partial charge in [0.25, 0.3) is 11.5 Å². The quantitative estimate of drug-likeness (QED) is 0.392. The van der Waals surface area contributed by atoms with Gasteiger partial charge in [0.05, 0.1) is 43.2 Å². The summed E-state index contributed by atoms with van der Waals surface area (Å²) in [6, 6.07) is 8.51. The second-order valence-corrected chi connectivity index (χ2v) is 7.53. The van der Waals surface area contributed by atoms with Crippen molar-refractivity contribution in [2.45, 2.75) is 0 Å². The third-order valence-electron chi connectivity index (χ3n) is 5.50. The van der Waals surface area contributed by atoms with Crippen LogP contribution in [-0.2, 0) is 4.74 Å². The van der Waals surface area contributed by atoms with Crippen LogP contribution >= 0.6 is 0 Å². The number of anilines is 1. The van der Waals surface area contributed by atoms with E-state index in [0.29, 0.717) is 63.5 Å². The molecule has 0 aliphatic heterocycles. The van der Waals surface area contributed by atoms with Crippen molar-refractivity contribution < 1.29 is 19.0 Å². The second-order valence-electron chi connectivity index (χ2n) is 7.53. The van der Waals surface area contributed by atoms with Gasteiger partial charge < -0.3 is 34.8 Å². The number of nitrogens with two attached hydrogens (primary N) is 1. The lowest BCUT2D eigenvalue weighted by Crippen LogP contribution is -2.29. The molecular formula is C23H25N5O5. The lowest BCUT2D eigenvalue weighted by Gasteiger charge is -2.16. The normalized spacial score (nSPS) is 11.2. The molecule has 0 saturated carbocycles. The topological polar surface area (TPSA) is 136 Å². The van der Waals surface area contributed by atoms with Gasteiger partial charge in [-0.15, -0.1) is 0 Å². The van der Waals surface area contributed by atoms with E-state index in [0.717, 1.165) is 0 Å². The third kappa shape index (κ3) is 3.96.